The predicted octanol–water partition coefficient (Wildman–Crippen LogP) is 5.46. The molecule has 0 spiro atoms. The zero-order chi connectivity index (χ0) is 20.2. The normalized spacial score (nSPS) is 15.5. The van der Waals surface area contributed by atoms with Crippen LogP contribution in [-0.2, 0) is 25.9 Å². The molecule has 1 aliphatic carbocycles. The van der Waals surface area contributed by atoms with Crippen molar-refractivity contribution in [1.29, 1.82) is 0 Å². The molecule has 29 heavy (non-hydrogen) atoms. The molecule has 3 aromatic rings. The first-order chi connectivity index (χ1) is 14.2. The number of nitrogens with zero attached hydrogens (tertiary/aromatic N) is 1. The molecular weight excluding hydrogens is 362 g/mol. The molecule has 1 N–H and O–H groups in total. The number of rotatable bonds is 8. The number of aryl methyl sites for hydroxylation is 2. The molecule has 0 amide bonds. The number of fused-ring (bicyclic) bond motifs is 1. The van der Waals surface area contributed by atoms with Gasteiger partial charge in [-0.1, -0.05) is 32.0 Å². The molecule has 0 bridgehead atoms. The minimum Gasteiger partial charge on any atom is -0.493 e. The predicted molar refractivity (Wildman–Crippen MR) is 114 cm³/mol. The van der Waals surface area contributed by atoms with Crippen LogP contribution >= 0.6 is 0 Å². The quantitative estimate of drug-likeness (QED) is 0.554. The van der Waals surface area contributed by atoms with E-state index in [4.69, 9.17) is 14.1 Å². The third-order valence-corrected chi connectivity index (χ3v) is 5.90. The van der Waals surface area contributed by atoms with Crippen LogP contribution in [0, 0.1) is 0 Å². The van der Waals surface area contributed by atoms with E-state index in [1.807, 2.05) is 24.3 Å². The Morgan fingerprint density at radius 2 is 1.97 bits per heavy atom. The highest BCUT2D eigenvalue weighted by molar-refractivity contribution is 5.54. The van der Waals surface area contributed by atoms with Crippen LogP contribution in [0.1, 0.15) is 60.8 Å². The van der Waals surface area contributed by atoms with Gasteiger partial charge in [0.1, 0.15) is 11.5 Å². The summed E-state index contributed by atoms with van der Waals surface area (Å²) in [7, 11) is 0. The largest absolute Gasteiger partial charge is 0.493 e. The van der Waals surface area contributed by atoms with Gasteiger partial charge in [0.2, 0.25) is 5.89 Å². The molecule has 2 aromatic carbocycles. The molecule has 0 unspecified atom stereocenters. The fourth-order valence-electron chi connectivity index (χ4n) is 4.19. The van der Waals surface area contributed by atoms with E-state index in [0.29, 0.717) is 18.4 Å². The van der Waals surface area contributed by atoms with E-state index >= 15 is 0 Å². The van der Waals surface area contributed by atoms with Crippen LogP contribution in [-0.4, -0.2) is 16.7 Å². The van der Waals surface area contributed by atoms with E-state index in [0.717, 1.165) is 47.6 Å². The van der Waals surface area contributed by atoms with Crippen molar-refractivity contribution < 1.29 is 14.3 Å². The van der Waals surface area contributed by atoms with Crippen LogP contribution in [0.5, 0.6) is 5.75 Å². The SMILES string of the molecule is CCc1oc(-c2ccc(CO)cc2)nc1CCOc1ccc2c(c1)CC[C@H]2CC. The summed E-state index contributed by atoms with van der Waals surface area (Å²) in [6, 6.07) is 14.2. The van der Waals surface area contributed by atoms with Crippen LogP contribution in [0.15, 0.2) is 46.9 Å². The lowest BCUT2D eigenvalue weighted by atomic mass is 9.99. The second-order valence-corrected chi connectivity index (χ2v) is 7.70. The molecule has 152 valence electrons. The topological polar surface area (TPSA) is 55.5 Å². The molecule has 0 aliphatic heterocycles. The van der Waals surface area contributed by atoms with Gasteiger partial charge in [0, 0.05) is 18.4 Å². The number of ether oxygens (including phenoxy) is 1. The summed E-state index contributed by atoms with van der Waals surface area (Å²) in [5.41, 5.74) is 5.71. The monoisotopic (exact) mass is 391 g/mol. The zero-order valence-corrected chi connectivity index (χ0v) is 17.3. The van der Waals surface area contributed by atoms with E-state index < -0.39 is 0 Å². The second kappa shape index (κ2) is 8.83. The number of oxazole rings is 1. The van der Waals surface area contributed by atoms with Crippen molar-refractivity contribution in [2.45, 2.75) is 58.5 Å². The summed E-state index contributed by atoms with van der Waals surface area (Å²) in [4.78, 5) is 4.71. The van der Waals surface area contributed by atoms with Gasteiger partial charge in [0.15, 0.2) is 0 Å². The van der Waals surface area contributed by atoms with Gasteiger partial charge in [0.05, 0.1) is 18.9 Å². The lowest BCUT2D eigenvalue weighted by Crippen LogP contribution is -2.04. The van der Waals surface area contributed by atoms with Crippen molar-refractivity contribution >= 4 is 0 Å². The number of hydrogen-bond acceptors (Lipinski definition) is 4. The molecular formula is C25H29NO3. The Morgan fingerprint density at radius 1 is 1.14 bits per heavy atom. The van der Waals surface area contributed by atoms with Crippen LogP contribution in [0.25, 0.3) is 11.5 Å². The number of benzene rings is 2. The van der Waals surface area contributed by atoms with E-state index in [1.165, 1.54) is 24.0 Å². The summed E-state index contributed by atoms with van der Waals surface area (Å²) >= 11 is 0. The standard InChI is InChI=1S/C25H29NO3/c1-3-18-9-10-20-15-21(11-12-22(18)20)28-14-13-23-24(4-2)29-25(26-23)19-7-5-17(16-27)6-8-19/h5-8,11-12,15,18,27H,3-4,9-10,13-14,16H2,1-2H3/t18-/m1/s1. The maximum absolute atomic E-state index is 9.20. The van der Waals surface area contributed by atoms with E-state index in [2.05, 4.69) is 32.0 Å². The summed E-state index contributed by atoms with van der Waals surface area (Å²) in [6.07, 6.45) is 5.15. The number of aliphatic hydroxyl groups is 1. The molecule has 0 radical (unpaired) electrons. The van der Waals surface area contributed by atoms with Crippen LogP contribution in [0.2, 0.25) is 0 Å². The Bertz CT molecular complexity index is 959. The van der Waals surface area contributed by atoms with Gasteiger partial charge in [-0.25, -0.2) is 4.98 Å². The highest BCUT2D eigenvalue weighted by atomic mass is 16.5. The summed E-state index contributed by atoms with van der Waals surface area (Å²) in [5.74, 6) is 3.20. The number of aromatic nitrogens is 1. The Balaban J connectivity index is 1.41. The molecule has 4 nitrogen and oxygen atoms in total. The second-order valence-electron chi connectivity index (χ2n) is 7.70. The fourth-order valence-corrected chi connectivity index (χ4v) is 4.19. The number of aliphatic hydroxyl groups excluding tert-OH is 1. The lowest BCUT2D eigenvalue weighted by Gasteiger charge is -2.10. The maximum Gasteiger partial charge on any atom is 0.226 e. The summed E-state index contributed by atoms with van der Waals surface area (Å²) in [5, 5.41) is 9.20. The number of hydrogen-bond donors (Lipinski definition) is 1. The Labute approximate surface area is 172 Å². The van der Waals surface area contributed by atoms with Gasteiger partial charge >= 0.3 is 0 Å². The third-order valence-electron chi connectivity index (χ3n) is 5.90. The molecule has 1 aliphatic rings. The minimum absolute atomic E-state index is 0.0382. The molecule has 4 heteroatoms. The molecule has 1 aromatic heterocycles. The Hall–Kier alpha value is -2.59. The van der Waals surface area contributed by atoms with E-state index in [-0.39, 0.29) is 6.61 Å². The average Bonchev–Trinajstić information content (AvgIpc) is 3.37. The van der Waals surface area contributed by atoms with E-state index in [9.17, 15) is 5.11 Å². The zero-order valence-electron chi connectivity index (χ0n) is 17.3. The van der Waals surface area contributed by atoms with Crippen molar-refractivity contribution in [2.24, 2.45) is 0 Å². The van der Waals surface area contributed by atoms with Crippen molar-refractivity contribution in [3.8, 4) is 17.2 Å². The summed E-state index contributed by atoms with van der Waals surface area (Å²) < 4.78 is 12.0. The highest BCUT2D eigenvalue weighted by Crippen LogP contribution is 2.37. The van der Waals surface area contributed by atoms with Gasteiger partial charge in [-0.05, 0) is 66.1 Å². The first-order valence-corrected chi connectivity index (χ1v) is 10.7. The van der Waals surface area contributed by atoms with Gasteiger partial charge in [-0.3, -0.25) is 0 Å². The van der Waals surface area contributed by atoms with Crippen molar-refractivity contribution in [3.05, 3.63) is 70.6 Å². The van der Waals surface area contributed by atoms with Gasteiger partial charge in [-0.2, -0.15) is 0 Å². The molecule has 0 fully saturated rings. The van der Waals surface area contributed by atoms with Crippen molar-refractivity contribution in [1.82, 2.24) is 4.98 Å². The van der Waals surface area contributed by atoms with Crippen molar-refractivity contribution in [3.63, 3.8) is 0 Å². The fraction of sp³-hybridized carbons (Fsp3) is 0.400. The lowest BCUT2D eigenvalue weighted by molar-refractivity contribution is 0.282. The molecule has 4 rings (SSSR count). The summed E-state index contributed by atoms with van der Waals surface area (Å²) in [6.45, 7) is 4.96. The van der Waals surface area contributed by atoms with Gasteiger partial charge in [0.25, 0.3) is 0 Å². The van der Waals surface area contributed by atoms with Gasteiger partial charge in [-0.15, -0.1) is 0 Å². The minimum atomic E-state index is 0.0382. The third kappa shape index (κ3) is 4.23. The smallest absolute Gasteiger partial charge is 0.226 e. The van der Waals surface area contributed by atoms with Crippen LogP contribution in [0.3, 0.4) is 0 Å². The molecule has 0 saturated heterocycles. The highest BCUT2D eigenvalue weighted by Gasteiger charge is 2.21. The Morgan fingerprint density at radius 3 is 2.69 bits per heavy atom. The molecule has 0 saturated carbocycles. The molecule has 1 heterocycles. The van der Waals surface area contributed by atoms with Gasteiger partial charge < -0.3 is 14.3 Å². The van der Waals surface area contributed by atoms with E-state index in [1.54, 1.807) is 0 Å². The first kappa shape index (κ1) is 19.7. The maximum atomic E-state index is 9.20. The van der Waals surface area contributed by atoms with Crippen LogP contribution in [0.4, 0.5) is 0 Å². The Kier molecular flexibility index (Phi) is 6.00. The molecule has 1 atom stereocenters. The van der Waals surface area contributed by atoms with Crippen LogP contribution < -0.4 is 4.74 Å². The average molecular weight is 392 g/mol. The first-order valence-electron chi connectivity index (χ1n) is 10.7. The van der Waals surface area contributed by atoms with Crippen molar-refractivity contribution in [2.75, 3.05) is 6.61 Å².